The Morgan fingerprint density at radius 1 is 0.765 bits per heavy atom. The molecule has 0 saturated heterocycles. The second-order valence-corrected chi connectivity index (χ2v) is 8.31. The Morgan fingerprint density at radius 2 is 1.26 bits per heavy atom. The van der Waals surface area contributed by atoms with E-state index in [0.717, 1.165) is 5.32 Å². The molecular formula is C17H11F13N2OS. The molecule has 0 aliphatic heterocycles. The molecule has 17 heteroatoms. The maximum Gasteiger partial charge on any atom is 0.460 e. The highest BCUT2D eigenvalue weighted by Crippen LogP contribution is 2.60. The molecule has 1 aromatic heterocycles. The molecule has 0 unspecified atom stereocenters. The van der Waals surface area contributed by atoms with E-state index in [1.165, 1.54) is 6.07 Å². The fraction of sp³-hybridized carbons (Fsp3) is 0.647. The lowest BCUT2D eigenvalue weighted by atomic mass is 9.93. The normalized spacial score (nSPS) is 16.5. The van der Waals surface area contributed by atoms with E-state index in [1.54, 1.807) is 0 Å². The minimum Gasteiger partial charge on any atom is -0.311 e. The van der Waals surface area contributed by atoms with Crippen molar-refractivity contribution in [1.82, 2.24) is 0 Å². The molecule has 0 saturated carbocycles. The van der Waals surface area contributed by atoms with Gasteiger partial charge in [-0.1, -0.05) is 6.42 Å². The highest BCUT2D eigenvalue weighted by atomic mass is 32.1. The van der Waals surface area contributed by atoms with E-state index in [1.807, 2.05) is 0 Å². The predicted molar refractivity (Wildman–Crippen MR) is 89.7 cm³/mol. The zero-order valence-electron chi connectivity index (χ0n) is 16.2. The molecule has 3 nitrogen and oxygen atoms in total. The van der Waals surface area contributed by atoms with Gasteiger partial charge in [0.2, 0.25) is 0 Å². The average molecular weight is 538 g/mol. The van der Waals surface area contributed by atoms with E-state index in [2.05, 4.69) is 0 Å². The number of anilines is 1. The van der Waals surface area contributed by atoms with Gasteiger partial charge in [0.05, 0.1) is 5.56 Å². The molecule has 0 radical (unpaired) electrons. The van der Waals surface area contributed by atoms with E-state index in [9.17, 15) is 67.1 Å². The maximum atomic E-state index is 14.0. The monoisotopic (exact) mass is 538 g/mol. The third-order valence-electron chi connectivity index (χ3n) is 4.98. The first-order chi connectivity index (χ1) is 15.2. The number of carbonyl (C=O) groups excluding carboxylic acids is 1. The number of nitrogens with zero attached hydrogens (tertiary/aromatic N) is 1. The Kier molecular flexibility index (Phi) is 6.96. The number of carbonyl (C=O) groups is 1. The number of halogens is 13. The molecule has 1 heterocycles. The van der Waals surface area contributed by atoms with Crippen molar-refractivity contribution < 1.29 is 61.9 Å². The zero-order chi connectivity index (χ0) is 26.5. The number of hydrogen-bond donors (Lipinski definition) is 1. The molecule has 0 spiro atoms. The summed E-state index contributed by atoms with van der Waals surface area (Å²) in [6, 6.07) is 1.49. The van der Waals surface area contributed by atoms with Crippen LogP contribution in [0.5, 0.6) is 0 Å². The molecule has 1 aliphatic rings. The number of alkyl halides is 13. The lowest BCUT2D eigenvalue weighted by Gasteiger charge is -2.39. The van der Waals surface area contributed by atoms with Crippen molar-refractivity contribution in [2.75, 3.05) is 5.32 Å². The van der Waals surface area contributed by atoms with Gasteiger partial charge in [0.15, 0.2) is 0 Å². The zero-order valence-corrected chi connectivity index (χ0v) is 17.0. The van der Waals surface area contributed by atoms with Gasteiger partial charge in [-0.05, 0) is 31.2 Å². The molecule has 0 bridgehead atoms. The topological polar surface area (TPSA) is 52.9 Å². The third-order valence-corrected chi connectivity index (χ3v) is 6.19. The smallest absolute Gasteiger partial charge is 0.311 e. The van der Waals surface area contributed by atoms with Crippen LogP contribution in [0.1, 0.15) is 35.3 Å². The molecule has 34 heavy (non-hydrogen) atoms. The van der Waals surface area contributed by atoms with Gasteiger partial charge < -0.3 is 5.32 Å². The van der Waals surface area contributed by atoms with Crippen LogP contribution in [-0.2, 0) is 17.6 Å². The quantitative estimate of drug-likeness (QED) is 0.329. The molecule has 0 fully saturated rings. The highest BCUT2D eigenvalue weighted by molar-refractivity contribution is 7.16. The maximum absolute atomic E-state index is 14.0. The van der Waals surface area contributed by atoms with Crippen LogP contribution in [0.3, 0.4) is 0 Å². The van der Waals surface area contributed by atoms with Crippen LogP contribution in [0.2, 0.25) is 0 Å². The van der Waals surface area contributed by atoms with Crippen LogP contribution >= 0.6 is 11.3 Å². The summed E-state index contributed by atoms with van der Waals surface area (Å²) >= 11 is 0.439. The summed E-state index contributed by atoms with van der Waals surface area (Å²) in [4.78, 5) is 12.1. The number of nitrogens with one attached hydrogen (secondary N) is 1. The summed E-state index contributed by atoms with van der Waals surface area (Å²) in [6.45, 7) is 0. The van der Waals surface area contributed by atoms with Crippen molar-refractivity contribution in [3.05, 3.63) is 16.0 Å². The highest BCUT2D eigenvalue weighted by Gasteiger charge is 2.91. The van der Waals surface area contributed by atoms with Crippen LogP contribution in [0, 0.1) is 11.3 Å². The summed E-state index contributed by atoms with van der Waals surface area (Å²) in [6.07, 6.45) is -5.31. The van der Waals surface area contributed by atoms with Gasteiger partial charge in [-0.25, -0.2) is 0 Å². The van der Waals surface area contributed by atoms with Gasteiger partial charge in [-0.3, -0.25) is 4.79 Å². The first kappa shape index (κ1) is 28.0. The van der Waals surface area contributed by atoms with Crippen molar-refractivity contribution in [2.24, 2.45) is 0 Å². The Bertz CT molecular complexity index is 991. The van der Waals surface area contributed by atoms with E-state index in [4.69, 9.17) is 0 Å². The molecule has 1 N–H and O–H groups in total. The Hall–Kier alpha value is -2.25. The average Bonchev–Trinajstić information content (AvgIpc) is 2.85. The fourth-order valence-electron chi connectivity index (χ4n) is 3.04. The standard InChI is InChI=1S/C17H11F13N2OS/c18-12(19,13(20,21)14(22,23)15(24,25)16(26,27)17(28,29)30)11(33)32-10-8(6-31)7-4-2-1-3-5-9(7)34-10/h1-5H2,(H,32,33). The van der Waals surface area contributed by atoms with Crippen LogP contribution in [0.15, 0.2) is 0 Å². The first-order valence-electron chi connectivity index (χ1n) is 9.00. The Balaban J connectivity index is 2.46. The molecule has 2 rings (SSSR count). The Morgan fingerprint density at radius 3 is 1.76 bits per heavy atom. The molecule has 1 amide bonds. The lowest BCUT2D eigenvalue weighted by Crippen LogP contribution is -2.71. The molecule has 0 aromatic carbocycles. The van der Waals surface area contributed by atoms with Gasteiger partial charge in [0.1, 0.15) is 11.1 Å². The number of aryl methyl sites for hydroxylation is 1. The largest absolute Gasteiger partial charge is 0.460 e. The number of rotatable bonds is 6. The van der Waals surface area contributed by atoms with Gasteiger partial charge >= 0.3 is 41.7 Å². The number of thiophene rings is 1. The molecule has 1 aliphatic carbocycles. The third kappa shape index (κ3) is 3.97. The van der Waals surface area contributed by atoms with Crippen LogP contribution in [0.4, 0.5) is 62.1 Å². The second-order valence-electron chi connectivity index (χ2n) is 7.20. The van der Waals surface area contributed by atoms with Gasteiger partial charge in [0, 0.05) is 4.88 Å². The second kappa shape index (κ2) is 8.45. The van der Waals surface area contributed by atoms with Crippen molar-refractivity contribution in [1.29, 1.82) is 5.26 Å². The number of fused-ring (bicyclic) bond motifs is 1. The summed E-state index contributed by atoms with van der Waals surface area (Å²) < 4.78 is 171. The minimum atomic E-state index is -8.09. The van der Waals surface area contributed by atoms with Crippen LogP contribution < -0.4 is 5.32 Å². The molecular weight excluding hydrogens is 527 g/mol. The predicted octanol–water partition coefficient (Wildman–Crippen LogP) is 6.57. The number of nitriles is 1. The van der Waals surface area contributed by atoms with Gasteiger partial charge in [-0.15, -0.1) is 11.3 Å². The van der Waals surface area contributed by atoms with Gasteiger partial charge in [0.25, 0.3) is 0 Å². The van der Waals surface area contributed by atoms with Crippen molar-refractivity contribution in [3.63, 3.8) is 0 Å². The van der Waals surface area contributed by atoms with Crippen molar-refractivity contribution in [2.45, 2.75) is 67.9 Å². The first-order valence-corrected chi connectivity index (χ1v) is 9.82. The molecule has 1 aromatic rings. The SMILES string of the molecule is N#Cc1c(NC(=O)C(F)(F)C(F)(F)C(F)(F)C(F)(F)C(F)(F)C(F)(F)F)sc2c1CCCCC2. The van der Waals surface area contributed by atoms with E-state index >= 15 is 0 Å². The van der Waals surface area contributed by atoms with Crippen LogP contribution in [0.25, 0.3) is 0 Å². The van der Waals surface area contributed by atoms with E-state index < -0.39 is 52.3 Å². The summed E-state index contributed by atoms with van der Waals surface area (Å²) in [7, 11) is 0. The Labute approximate surface area is 185 Å². The van der Waals surface area contributed by atoms with E-state index in [-0.39, 0.29) is 18.4 Å². The van der Waals surface area contributed by atoms with Gasteiger partial charge in [-0.2, -0.15) is 62.3 Å². The minimum absolute atomic E-state index is 0.202. The van der Waals surface area contributed by atoms with Crippen molar-refractivity contribution in [3.8, 4) is 6.07 Å². The summed E-state index contributed by atoms with van der Waals surface area (Å²) in [5.41, 5.74) is -0.243. The van der Waals surface area contributed by atoms with Crippen LogP contribution in [-0.4, -0.2) is 41.7 Å². The fourth-order valence-corrected chi connectivity index (χ4v) is 4.28. The summed E-state index contributed by atoms with van der Waals surface area (Å²) in [5.74, 6) is -42.1. The molecule has 192 valence electrons. The number of hydrogen-bond acceptors (Lipinski definition) is 3. The number of amides is 1. The van der Waals surface area contributed by atoms with E-state index in [0.29, 0.717) is 35.5 Å². The lowest BCUT2D eigenvalue weighted by molar-refractivity contribution is -0.435. The molecule has 0 atom stereocenters. The summed E-state index contributed by atoms with van der Waals surface area (Å²) in [5, 5.41) is 9.38. The van der Waals surface area contributed by atoms with Crippen molar-refractivity contribution >= 4 is 22.2 Å².